The van der Waals surface area contributed by atoms with Gasteiger partial charge in [0.15, 0.2) is 0 Å². The van der Waals surface area contributed by atoms with E-state index in [1.54, 1.807) is 6.33 Å². The van der Waals surface area contributed by atoms with Crippen LogP contribution in [0.3, 0.4) is 0 Å². The van der Waals surface area contributed by atoms with Crippen molar-refractivity contribution in [3.8, 4) is 5.82 Å². The number of imidazole rings is 1. The maximum atomic E-state index is 4.55. The van der Waals surface area contributed by atoms with Crippen LogP contribution in [0, 0.1) is 13.8 Å². The van der Waals surface area contributed by atoms with Gasteiger partial charge in [-0.3, -0.25) is 4.57 Å². The molecule has 1 aromatic carbocycles. The summed E-state index contributed by atoms with van der Waals surface area (Å²) in [4.78, 5) is 13.3. The average Bonchev–Trinajstić information content (AvgIpc) is 2.85. The summed E-state index contributed by atoms with van der Waals surface area (Å²) in [5.74, 6) is 2.45. The van der Waals surface area contributed by atoms with E-state index in [9.17, 15) is 0 Å². The molecule has 19 heavy (non-hydrogen) atoms. The monoisotopic (exact) mass is 253 g/mol. The van der Waals surface area contributed by atoms with Crippen molar-refractivity contribution in [2.24, 2.45) is 0 Å². The van der Waals surface area contributed by atoms with Crippen molar-refractivity contribution in [3.63, 3.8) is 0 Å². The second kappa shape index (κ2) is 4.35. The number of nitrogens with zero attached hydrogens (tertiary/aromatic N) is 4. The third-order valence-electron chi connectivity index (χ3n) is 3.15. The smallest absolute Gasteiger partial charge is 0.147 e. The van der Waals surface area contributed by atoms with Gasteiger partial charge in [-0.2, -0.15) is 0 Å². The van der Waals surface area contributed by atoms with Crippen molar-refractivity contribution in [1.82, 2.24) is 19.5 Å². The Hall–Kier alpha value is -2.43. The van der Waals surface area contributed by atoms with Crippen LogP contribution in [0.15, 0.2) is 30.6 Å². The Labute approximate surface area is 111 Å². The SMILES string of the molecule is CNc1nc(C)nc(-n2cnc3ccccc32)c1C. The van der Waals surface area contributed by atoms with Gasteiger partial charge in [0, 0.05) is 12.6 Å². The minimum Gasteiger partial charge on any atom is -0.373 e. The molecule has 0 saturated heterocycles. The van der Waals surface area contributed by atoms with Gasteiger partial charge in [0.1, 0.15) is 23.8 Å². The summed E-state index contributed by atoms with van der Waals surface area (Å²) in [5, 5.41) is 3.10. The normalized spacial score (nSPS) is 10.9. The predicted molar refractivity (Wildman–Crippen MR) is 75.7 cm³/mol. The molecule has 0 aliphatic rings. The van der Waals surface area contributed by atoms with Crippen LogP contribution in [0.1, 0.15) is 11.4 Å². The Balaban J connectivity index is 2.30. The van der Waals surface area contributed by atoms with E-state index in [-0.39, 0.29) is 0 Å². The molecule has 1 N–H and O–H groups in total. The summed E-state index contributed by atoms with van der Waals surface area (Å²) in [5.41, 5.74) is 3.02. The summed E-state index contributed by atoms with van der Waals surface area (Å²) >= 11 is 0. The van der Waals surface area contributed by atoms with Crippen LogP contribution in [0.5, 0.6) is 0 Å². The molecule has 3 aromatic rings. The Morgan fingerprint density at radius 1 is 1.11 bits per heavy atom. The summed E-state index contributed by atoms with van der Waals surface area (Å²) in [6.45, 7) is 3.90. The highest BCUT2D eigenvalue weighted by Gasteiger charge is 2.12. The molecule has 0 bridgehead atoms. The largest absolute Gasteiger partial charge is 0.373 e. The van der Waals surface area contributed by atoms with Crippen molar-refractivity contribution in [2.75, 3.05) is 12.4 Å². The van der Waals surface area contributed by atoms with E-state index in [1.165, 1.54) is 0 Å². The zero-order chi connectivity index (χ0) is 13.4. The van der Waals surface area contributed by atoms with Crippen molar-refractivity contribution in [2.45, 2.75) is 13.8 Å². The maximum absolute atomic E-state index is 4.55. The highest BCUT2D eigenvalue weighted by Crippen LogP contribution is 2.22. The number of hydrogen-bond donors (Lipinski definition) is 1. The molecular formula is C14H15N5. The van der Waals surface area contributed by atoms with Gasteiger partial charge >= 0.3 is 0 Å². The van der Waals surface area contributed by atoms with E-state index < -0.39 is 0 Å². The minimum absolute atomic E-state index is 0.739. The Morgan fingerprint density at radius 2 is 1.89 bits per heavy atom. The van der Waals surface area contributed by atoms with E-state index in [0.717, 1.165) is 34.1 Å². The highest BCUT2D eigenvalue weighted by atomic mass is 15.1. The number of para-hydroxylation sites is 2. The molecule has 0 fully saturated rings. The Kier molecular flexibility index (Phi) is 2.67. The van der Waals surface area contributed by atoms with Crippen LogP contribution in [-0.2, 0) is 0 Å². The maximum Gasteiger partial charge on any atom is 0.147 e. The first-order valence-electron chi connectivity index (χ1n) is 6.16. The first kappa shape index (κ1) is 11.6. The molecule has 0 saturated carbocycles. The molecule has 2 heterocycles. The van der Waals surface area contributed by atoms with E-state index >= 15 is 0 Å². The van der Waals surface area contributed by atoms with Crippen molar-refractivity contribution < 1.29 is 0 Å². The quantitative estimate of drug-likeness (QED) is 0.762. The fraction of sp³-hybridized carbons (Fsp3) is 0.214. The van der Waals surface area contributed by atoms with Crippen molar-refractivity contribution >= 4 is 16.9 Å². The standard InChI is InChI=1S/C14H15N5/c1-9-13(15-3)17-10(2)18-14(9)19-8-16-11-6-4-5-7-12(11)19/h4-8H,1-3H3,(H,15,17,18). The Morgan fingerprint density at radius 3 is 2.68 bits per heavy atom. The van der Waals surface area contributed by atoms with Crippen LogP contribution >= 0.6 is 0 Å². The molecule has 0 aliphatic carbocycles. The molecule has 0 atom stereocenters. The first-order valence-corrected chi connectivity index (χ1v) is 6.16. The molecule has 0 spiro atoms. The fourth-order valence-corrected chi connectivity index (χ4v) is 2.22. The number of anilines is 1. The van der Waals surface area contributed by atoms with E-state index in [1.807, 2.05) is 49.7 Å². The second-order valence-electron chi connectivity index (χ2n) is 4.42. The van der Waals surface area contributed by atoms with Gasteiger partial charge in [-0.1, -0.05) is 12.1 Å². The number of rotatable bonds is 2. The lowest BCUT2D eigenvalue weighted by molar-refractivity contribution is 0.936. The number of fused-ring (bicyclic) bond motifs is 1. The minimum atomic E-state index is 0.739. The molecule has 96 valence electrons. The lowest BCUT2D eigenvalue weighted by Gasteiger charge is -2.11. The summed E-state index contributed by atoms with van der Waals surface area (Å²) in [6, 6.07) is 8.02. The van der Waals surface area contributed by atoms with Gasteiger partial charge in [0.25, 0.3) is 0 Å². The van der Waals surface area contributed by atoms with Gasteiger partial charge in [-0.15, -0.1) is 0 Å². The third-order valence-corrected chi connectivity index (χ3v) is 3.15. The molecule has 5 nitrogen and oxygen atoms in total. The topological polar surface area (TPSA) is 55.6 Å². The zero-order valence-corrected chi connectivity index (χ0v) is 11.2. The van der Waals surface area contributed by atoms with Crippen LogP contribution < -0.4 is 5.32 Å². The van der Waals surface area contributed by atoms with E-state index in [4.69, 9.17) is 0 Å². The van der Waals surface area contributed by atoms with Gasteiger partial charge in [-0.05, 0) is 26.0 Å². The summed E-state index contributed by atoms with van der Waals surface area (Å²) in [7, 11) is 1.87. The van der Waals surface area contributed by atoms with Crippen LogP contribution in [0.2, 0.25) is 0 Å². The molecule has 2 aromatic heterocycles. The number of benzene rings is 1. The summed E-state index contributed by atoms with van der Waals surface area (Å²) in [6.07, 6.45) is 1.80. The lowest BCUT2D eigenvalue weighted by atomic mass is 10.2. The number of aryl methyl sites for hydroxylation is 1. The summed E-state index contributed by atoms with van der Waals surface area (Å²) < 4.78 is 2.00. The van der Waals surface area contributed by atoms with Gasteiger partial charge in [0.2, 0.25) is 0 Å². The van der Waals surface area contributed by atoms with Crippen molar-refractivity contribution in [3.05, 3.63) is 42.0 Å². The molecule has 0 radical (unpaired) electrons. The zero-order valence-electron chi connectivity index (χ0n) is 11.2. The second-order valence-corrected chi connectivity index (χ2v) is 4.42. The van der Waals surface area contributed by atoms with Gasteiger partial charge < -0.3 is 5.32 Å². The number of hydrogen-bond acceptors (Lipinski definition) is 4. The fourth-order valence-electron chi connectivity index (χ4n) is 2.22. The lowest BCUT2D eigenvalue weighted by Crippen LogP contribution is -2.07. The molecule has 0 aliphatic heterocycles. The molecule has 0 unspecified atom stereocenters. The first-order chi connectivity index (χ1) is 9.20. The molecule has 3 rings (SSSR count). The van der Waals surface area contributed by atoms with Crippen molar-refractivity contribution in [1.29, 1.82) is 0 Å². The average molecular weight is 253 g/mol. The Bertz CT molecular complexity index is 745. The third kappa shape index (κ3) is 1.83. The van der Waals surface area contributed by atoms with E-state index in [2.05, 4.69) is 20.3 Å². The molecule has 5 heteroatoms. The van der Waals surface area contributed by atoms with Gasteiger partial charge in [0.05, 0.1) is 11.0 Å². The molecule has 0 amide bonds. The predicted octanol–water partition coefficient (Wildman–Crippen LogP) is 2.47. The molecular weight excluding hydrogens is 238 g/mol. The number of aromatic nitrogens is 4. The number of nitrogens with one attached hydrogen (secondary N) is 1. The van der Waals surface area contributed by atoms with Gasteiger partial charge in [-0.25, -0.2) is 15.0 Å². The van der Waals surface area contributed by atoms with E-state index in [0.29, 0.717) is 0 Å². The van der Waals surface area contributed by atoms with Crippen LogP contribution in [0.25, 0.3) is 16.9 Å². The van der Waals surface area contributed by atoms with Crippen LogP contribution in [-0.4, -0.2) is 26.6 Å². The van der Waals surface area contributed by atoms with Crippen LogP contribution in [0.4, 0.5) is 5.82 Å². The highest BCUT2D eigenvalue weighted by molar-refractivity contribution is 5.77.